The summed E-state index contributed by atoms with van der Waals surface area (Å²) in [5.74, 6) is 0. The minimum Gasteiger partial charge on any atom is -0.310 e. The van der Waals surface area contributed by atoms with E-state index in [9.17, 15) is 0 Å². The van der Waals surface area contributed by atoms with Crippen molar-refractivity contribution in [2.75, 3.05) is 9.80 Å². The Bertz CT molecular complexity index is 3680. The normalized spacial score (nSPS) is 16.4. The summed E-state index contributed by atoms with van der Waals surface area (Å²) < 4.78 is 0. The number of rotatable bonds is 8. The van der Waals surface area contributed by atoms with Crippen LogP contribution >= 0.6 is 0 Å². The van der Waals surface area contributed by atoms with Crippen LogP contribution in [-0.4, -0.2) is 0 Å². The molecule has 0 heterocycles. The maximum absolute atomic E-state index is 4.58. The van der Waals surface area contributed by atoms with Crippen LogP contribution in [0.4, 0.5) is 28.4 Å². The maximum atomic E-state index is 4.58. The van der Waals surface area contributed by atoms with E-state index in [1.54, 1.807) is 0 Å². The number of para-hydroxylation sites is 4. The molecule has 334 valence electrons. The van der Waals surface area contributed by atoms with E-state index in [1.807, 2.05) is 0 Å². The number of benzene rings is 10. The lowest BCUT2D eigenvalue weighted by Crippen LogP contribution is -2.17. The molecular weight excluding hydrogens is 845 g/mol. The molecule has 2 heteroatoms. The number of allylic oxidation sites excluding steroid dienone is 7. The first kappa shape index (κ1) is 42.6. The van der Waals surface area contributed by atoms with Crippen molar-refractivity contribution in [2.45, 2.75) is 25.7 Å². The number of hydrogen-bond donors (Lipinski definition) is 0. The van der Waals surface area contributed by atoms with E-state index in [1.165, 1.54) is 76.8 Å². The van der Waals surface area contributed by atoms with E-state index in [4.69, 9.17) is 0 Å². The molecule has 2 aliphatic carbocycles. The van der Waals surface area contributed by atoms with Crippen molar-refractivity contribution < 1.29 is 0 Å². The summed E-state index contributed by atoms with van der Waals surface area (Å²) in [6.45, 7) is 9.43. The Morgan fingerprint density at radius 1 is 0.429 bits per heavy atom. The second kappa shape index (κ2) is 17.7. The molecule has 0 spiro atoms. The summed E-state index contributed by atoms with van der Waals surface area (Å²) in [5, 5.41) is 7.59. The van der Waals surface area contributed by atoms with Gasteiger partial charge in [-0.2, -0.15) is 0 Å². The molecule has 0 fully saturated rings. The van der Waals surface area contributed by atoms with Gasteiger partial charge in [0.05, 0.1) is 11.4 Å². The maximum Gasteiger partial charge on any atom is 0.0540 e. The van der Waals surface area contributed by atoms with Crippen molar-refractivity contribution in [3.8, 4) is 22.3 Å². The molecule has 0 saturated carbocycles. The Morgan fingerprint density at radius 2 is 0.971 bits per heavy atom. The summed E-state index contributed by atoms with van der Waals surface area (Å²) in [5.41, 5.74) is 17.6. The van der Waals surface area contributed by atoms with Crippen LogP contribution in [0.2, 0.25) is 0 Å². The predicted molar refractivity (Wildman–Crippen MR) is 300 cm³/mol. The lowest BCUT2D eigenvalue weighted by molar-refractivity contribution is 0.666. The van der Waals surface area contributed by atoms with Gasteiger partial charge in [-0.3, -0.25) is 0 Å². The van der Waals surface area contributed by atoms with Crippen LogP contribution in [0, 0.1) is 0 Å². The molecule has 2 aliphatic rings. The van der Waals surface area contributed by atoms with Crippen molar-refractivity contribution in [3.05, 3.63) is 289 Å². The van der Waals surface area contributed by atoms with Gasteiger partial charge in [0.15, 0.2) is 0 Å². The highest BCUT2D eigenvalue weighted by Gasteiger charge is 2.39. The molecule has 10 aromatic rings. The van der Waals surface area contributed by atoms with Gasteiger partial charge in [0.2, 0.25) is 0 Å². The van der Waals surface area contributed by atoms with E-state index >= 15 is 0 Å². The second-order valence-electron chi connectivity index (χ2n) is 18.9. The number of nitrogens with zero attached hydrogens (tertiary/aromatic N) is 2. The van der Waals surface area contributed by atoms with Gasteiger partial charge < -0.3 is 9.80 Å². The zero-order chi connectivity index (χ0) is 47.2. The highest BCUT2D eigenvalue weighted by atomic mass is 15.2. The van der Waals surface area contributed by atoms with Crippen molar-refractivity contribution in [1.29, 1.82) is 0 Å². The van der Waals surface area contributed by atoms with Crippen LogP contribution in [0.15, 0.2) is 273 Å². The van der Waals surface area contributed by atoms with Gasteiger partial charge in [0, 0.05) is 33.6 Å². The van der Waals surface area contributed by atoms with Crippen LogP contribution in [0.1, 0.15) is 37.0 Å². The number of anilines is 5. The van der Waals surface area contributed by atoms with E-state index in [2.05, 4.69) is 285 Å². The number of fused-ring (bicyclic) bond motifs is 9. The largest absolute Gasteiger partial charge is 0.310 e. The molecule has 0 aliphatic heterocycles. The molecule has 0 unspecified atom stereocenters. The first-order valence-corrected chi connectivity index (χ1v) is 24.3. The third-order valence-electron chi connectivity index (χ3n) is 14.4. The van der Waals surface area contributed by atoms with Crippen LogP contribution < -0.4 is 9.80 Å². The molecule has 0 amide bonds. The van der Waals surface area contributed by atoms with Crippen LogP contribution in [0.5, 0.6) is 0 Å². The monoisotopic (exact) mass is 896 g/mol. The topological polar surface area (TPSA) is 6.48 Å². The molecule has 10 aromatic carbocycles. The fourth-order valence-electron chi connectivity index (χ4n) is 11.1. The fraction of sp³-hybridized carbons (Fsp3) is 0.0588. The average molecular weight is 897 g/mol. The van der Waals surface area contributed by atoms with Gasteiger partial charge in [-0.25, -0.2) is 0 Å². The molecule has 0 aromatic heterocycles. The Balaban J connectivity index is 0.975. The smallest absolute Gasteiger partial charge is 0.0540 e. The molecule has 70 heavy (non-hydrogen) atoms. The minimum absolute atomic E-state index is 0.265. The van der Waals surface area contributed by atoms with E-state index in [-0.39, 0.29) is 5.41 Å². The highest BCUT2D eigenvalue weighted by Crippen LogP contribution is 2.55. The Hall–Kier alpha value is -8.72. The molecule has 0 N–H and O–H groups in total. The predicted octanol–water partition coefficient (Wildman–Crippen LogP) is 18.8. The lowest BCUT2D eigenvalue weighted by Gasteiger charge is -2.28. The summed E-state index contributed by atoms with van der Waals surface area (Å²) in [6.07, 6.45) is 14.0. The quantitative estimate of drug-likeness (QED) is 0.140. The third-order valence-corrected chi connectivity index (χ3v) is 14.4. The molecule has 2 nitrogen and oxygen atoms in total. The van der Waals surface area contributed by atoms with Gasteiger partial charge in [0.25, 0.3) is 0 Å². The third kappa shape index (κ3) is 7.37. The SMILES string of the molecule is C=C1/C=C\C=C/C/C(c2ccc3c(c2)C(C)(C)c2c-3c3ccccc3c3cc(-c4ccc(N(c5ccccc5)c5ccccc5)c5ccccc45)ccc23)=C\C=C/1N(c1ccccc1)c1ccccc1. The van der Waals surface area contributed by atoms with Gasteiger partial charge in [-0.1, -0.05) is 202 Å². The van der Waals surface area contributed by atoms with Crippen molar-refractivity contribution in [2.24, 2.45) is 0 Å². The first-order valence-electron chi connectivity index (χ1n) is 24.3. The second-order valence-corrected chi connectivity index (χ2v) is 18.9. The summed E-state index contributed by atoms with van der Waals surface area (Å²) in [7, 11) is 0. The van der Waals surface area contributed by atoms with Gasteiger partial charge in [-0.15, -0.1) is 0 Å². The first-order chi connectivity index (χ1) is 34.4. The Labute approximate surface area is 411 Å². The van der Waals surface area contributed by atoms with Crippen LogP contribution in [0.3, 0.4) is 0 Å². The fourth-order valence-corrected chi connectivity index (χ4v) is 11.1. The van der Waals surface area contributed by atoms with E-state index in [0.717, 1.165) is 46.1 Å². The van der Waals surface area contributed by atoms with Gasteiger partial charge in [-0.05, 0) is 156 Å². The van der Waals surface area contributed by atoms with Gasteiger partial charge in [0.1, 0.15) is 0 Å². The van der Waals surface area contributed by atoms with Crippen LogP contribution in [0.25, 0.3) is 60.1 Å². The average Bonchev–Trinajstić information content (AvgIpc) is 3.66. The van der Waals surface area contributed by atoms with Crippen molar-refractivity contribution >= 4 is 66.3 Å². The Kier molecular flexibility index (Phi) is 10.8. The highest BCUT2D eigenvalue weighted by molar-refractivity contribution is 6.19. The molecular formula is C68H52N2. The minimum atomic E-state index is -0.265. The van der Waals surface area contributed by atoms with Crippen LogP contribution in [-0.2, 0) is 5.41 Å². The summed E-state index contributed by atoms with van der Waals surface area (Å²) in [6, 6.07) is 79.5. The van der Waals surface area contributed by atoms with Gasteiger partial charge >= 0.3 is 0 Å². The van der Waals surface area contributed by atoms with E-state index in [0.29, 0.717) is 0 Å². The molecule has 0 radical (unpaired) electrons. The molecule has 0 bridgehead atoms. The summed E-state index contributed by atoms with van der Waals surface area (Å²) in [4.78, 5) is 4.68. The zero-order valence-electron chi connectivity index (χ0n) is 39.6. The Morgan fingerprint density at radius 3 is 1.61 bits per heavy atom. The van der Waals surface area contributed by atoms with E-state index < -0.39 is 0 Å². The molecule has 0 saturated heterocycles. The lowest BCUT2D eigenvalue weighted by atomic mass is 9.78. The number of hydrogen-bond acceptors (Lipinski definition) is 2. The standard InChI is InChI=1S/C68H52N2/c1-47-23-9-4-10-24-48(39-43-64(47)69(51-25-11-5-12-26-51)52-27-13-6-14-28-52)49-37-41-61-63(46-49)68(2,3)67-60-40-38-50(45-62(60)57-34-20-22-36-59(57)66(61)67)55-42-44-65(58-35-21-19-33-56(55)58)70(53-29-15-7-16-30-53)54-31-17-8-18-32-54/h4-23,25-46H,1,24H2,2-3H3/b10-4-,23-9-,48-39+,64-43+. The summed E-state index contributed by atoms with van der Waals surface area (Å²) >= 11 is 0. The molecule has 12 rings (SSSR count). The molecule has 0 atom stereocenters. The van der Waals surface area contributed by atoms with Crippen molar-refractivity contribution in [1.82, 2.24) is 0 Å². The zero-order valence-corrected chi connectivity index (χ0v) is 39.6. The van der Waals surface area contributed by atoms with Crippen molar-refractivity contribution in [3.63, 3.8) is 0 Å².